The van der Waals surface area contributed by atoms with Crippen LogP contribution in [0.1, 0.15) is 24.8 Å². The number of nitro benzene ring substituents is 1. The van der Waals surface area contributed by atoms with Crippen LogP contribution in [0.4, 0.5) is 5.69 Å². The summed E-state index contributed by atoms with van der Waals surface area (Å²) in [6.07, 6.45) is 1.30. The second-order valence-corrected chi connectivity index (χ2v) is 9.68. The van der Waals surface area contributed by atoms with E-state index in [-0.39, 0.29) is 47.9 Å². The van der Waals surface area contributed by atoms with E-state index >= 15 is 0 Å². The van der Waals surface area contributed by atoms with Gasteiger partial charge in [0.1, 0.15) is 0 Å². The lowest BCUT2D eigenvalue weighted by molar-refractivity contribution is -0.385. The van der Waals surface area contributed by atoms with Gasteiger partial charge in [-0.15, -0.1) is 0 Å². The Kier molecular flexibility index (Phi) is 9.10. The second-order valence-electron chi connectivity index (χ2n) is 7.78. The van der Waals surface area contributed by atoms with Gasteiger partial charge < -0.3 is 15.0 Å². The largest absolute Gasteiger partial charge is 0.385 e. The minimum Gasteiger partial charge on any atom is -0.385 e. The predicted octanol–water partition coefficient (Wildman–Crippen LogP) is 0.915. The maximum absolute atomic E-state index is 13.0. The number of likely N-dealkylation sites (N-methyl/N-ethyl adjacent to an activating group) is 1. The molecule has 11 nitrogen and oxygen atoms in total. The third kappa shape index (κ3) is 6.47. The zero-order chi connectivity index (χ0) is 23.9. The summed E-state index contributed by atoms with van der Waals surface area (Å²) in [5.41, 5.74) is 0.131. The van der Waals surface area contributed by atoms with Gasteiger partial charge in [-0.25, -0.2) is 8.42 Å². The molecule has 1 aliphatic heterocycles. The summed E-state index contributed by atoms with van der Waals surface area (Å²) in [5.74, 6) is -0.863. The Labute approximate surface area is 187 Å². The number of carbonyl (C=O) groups is 2. The normalized spacial score (nSPS) is 15.3. The van der Waals surface area contributed by atoms with E-state index in [4.69, 9.17) is 4.74 Å². The summed E-state index contributed by atoms with van der Waals surface area (Å²) in [5, 5.41) is 13.8. The first-order chi connectivity index (χ1) is 15.1. The topological polar surface area (TPSA) is 139 Å². The number of nitrogens with one attached hydrogen (secondary N) is 1. The van der Waals surface area contributed by atoms with Crippen LogP contribution in [0.15, 0.2) is 23.1 Å². The van der Waals surface area contributed by atoms with Crippen molar-refractivity contribution in [2.75, 3.05) is 46.9 Å². The van der Waals surface area contributed by atoms with E-state index in [1.807, 2.05) is 0 Å². The monoisotopic (exact) mass is 470 g/mol. The lowest BCUT2D eigenvalue weighted by Gasteiger charge is -2.32. The number of hydrogen-bond donors (Lipinski definition) is 1. The van der Waals surface area contributed by atoms with Gasteiger partial charge in [0.05, 0.1) is 16.4 Å². The van der Waals surface area contributed by atoms with E-state index in [0.29, 0.717) is 38.0 Å². The molecule has 1 N–H and O–H groups in total. The molecule has 1 aliphatic rings. The Morgan fingerprint density at radius 1 is 1.31 bits per heavy atom. The van der Waals surface area contributed by atoms with Crippen molar-refractivity contribution in [1.82, 2.24) is 14.5 Å². The number of non-ortho nitro benzene ring substituents is 1. The number of methoxy groups -OCH3 is 1. The first-order valence-electron chi connectivity index (χ1n) is 10.3. The van der Waals surface area contributed by atoms with Crippen LogP contribution in [0.2, 0.25) is 0 Å². The maximum Gasteiger partial charge on any atom is 0.270 e. The number of nitrogens with zero attached hydrogens (tertiary/aromatic N) is 3. The average Bonchev–Trinajstić information content (AvgIpc) is 2.76. The van der Waals surface area contributed by atoms with E-state index in [0.717, 1.165) is 6.07 Å². The van der Waals surface area contributed by atoms with E-state index in [2.05, 4.69) is 5.32 Å². The van der Waals surface area contributed by atoms with Gasteiger partial charge in [-0.1, -0.05) is 6.07 Å². The number of nitro groups is 1. The van der Waals surface area contributed by atoms with Crippen molar-refractivity contribution in [3.8, 4) is 0 Å². The molecule has 0 aromatic heterocycles. The Bertz CT molecular complexity index is 943. The Hall–Kier alpha value is -2.57. The van der Waals surface area contributed by atoms with Gasteiger partial charge in [0, 0.05) is 58.4 Å². The number of aryl methyl sites for hydroxylation is 1. The lowest BCUT2D eigenvalue weighted by atomic mass is 9.96. The molecule has 1 aromatic rings. The van der Waals surface area contributed by atoms with Gasteiger partial charge in [-0.05, 0) is 31.7 Å². The van der Waals surface area contributed by atoms with Crippen LogP contribution in [0, 0.1) is 23.0 Å². The molecule has 0 saturated carbocycles. The molecule has 178 valence electrons. The van der Waals surface area contributed by atoms with Gasteiger partial charge in [-0.2, -0.15) is 4.31 Å². The van der Waals surface area contributed by atoms with Crippen LogP contribution in [-0.4, -0.2) is 81.3 Å². The fourth-order valence-electron chi connectivity index (χ4n) is 3.57. The maximum atomic E-state index is 13.0. The van der Waals surface area contributed by atoms with Crippen molar-refractivity contribution in [2.24, 2.45) is 5.92 Å². The van der Waals surface area contributed by atoms with Crippen LogP contribution < -0.4 is 5.32 Å². The molecule has 2 amide bonds. The third-order valence-corrected chi connectivity index (χ3v) is 7.45. The van der Waals surface area contributed by atoms with Gasteiger partial charge in [-0.3, -0.25) is 19.7 Å². The number of carbonyl (C=O) groups excluding carboxylic acids is 2. The molecule has 12 heteroatoms. The quantitative estimate of drug-likeness (QED) is 0.305. The first kappa shape index (κ1) is 25.7. The summed E-state index contributed by atoms with van der Waals surface area (Å²) >= 11 is 0. The molecular formula is C20H30N4O7S. The zero-order valence-corrected chi connectivity index (χ0v) is 19.4. The summed E-state index contributed by atoms with van der Waals surface area (Å²) < 4.78 is 32.2. The zero-order valence-electron chi connectivity index (χ0n) is 18.6. The molecule has 0 aliphatic carbocycles. The second kappa shape index (κ2) is 11.3. The summed E-state index contributed by atoms with van der Waals surface area (Å²) in [4.78, 5) is 36.3. The van der Waals surface area contributed by atoms with E-state index in [1.165, 1.54) is 21.3 Å². The fraction of sp³-hybridized carbons (Fsp3) is 0.600. The molecule has 0 spiro atoms. The highest BCUT2D eigenvalue weighted by molar-refractivity contribution is 7.89. The number of piperidine rings is 1. The van der Waals surface area contributed by atoms with Crippen LogP contribution in [0.3, 0.4) is 0 Å². The van der Waals surface area contributed by atoms with Crippen molar-refractivity contribution < 1.29 is 27.7 Å². The van der Waals surface area contributed by atoms with Gasteiger partial charge in [0.15, 0.2) is 0 Å². The first-order valence-corrected chi connectivity index (χ1v) is 11.8. The Morgan fingerprint density at radius 3 is 2.56 bits per heavy atom. The van der Waals surface area contributed by atoms with Gasteiger partial charge in [0.25, 0.3) is 5.69 Å². The summed E-state index contributed by atoms with van der Waals surface area (Å²) in [6, 6.07) is 3.75. The summed E-state index contributed by atoms with van der Waals surface area (Å²) in [7, 11) is -0.795. The third-order valence-electron chi connectivity index (χ3n) is 5.41. The van der Waals surface area contributed by atoms with Crippen LogP contribution in [0.25, 0.3) is 0 Å². The molecule has 32 heavy (non-hydrogen) atoms. The van der Waals surface area contributed by atoms with E-state index in [1.54, 1.807) is 21.1 Å². The molecule has 1 fully saturated rings. The Morgan fingerprint density at radius 2 is 1.97 bits per heavy atom. The number of ether oxygens (including phenoxy) is 1. The summed E-state index contributed by atoms with van der Waals surface area (Å²) in [6.45, 7) is 2.75. The molecule has 1 heterocycles. The number of benzene rings is 1. The standard InChI is InChI=1S/C20H30N4O7S/c1-15-5-6-17(24(27)28)13-18(15)32(29,30)23-10-7-16(8-11-23)20(26)22(2)14-19(25)21-9-4-12-31-3/h5-6,13,16H,4,7-12,14H2,1-3H3,(H,21,25). The predicted molar refractivity (Wildman–Crippen MR) is 116 cm³/mol. The number of hydrogen-bond acceptors (Lipinski definition) is 7. The average molecular weight is 471 g/mol. The van der Waals surface area contributed by atoms with Crippen LogP contribution in [-0.2, 0) is 24.3 Å². The van der Waals surface area contributed by atoms with Crippen LogP contribution in [0.5, 0.6) is 0 Å². The SMILES string of the molecule is COCCCNC(=O)CN(C)C(=O)C1CCN(S(=O)(=O)c2cc([N+](=O)[O-])ccc2C)CC1. The minimum absolute atomic E-state index is 0.0722. The highest BCUT2D eigenvalue weighted by Gasteiger charge is 2.34. The molecule has 0 bridgehead atoms. The highest BCUT2D eigenvalue weighted by Crippen LogP contribution is 2.28. The molecule has 0 radical (unpaired) electrons. The molecule has 1 aromatic carbocycles. The molecule has 0 atom stereocenters. The molecule has 2 rings (SSSR count). The van der Waals surface area contributed by atoms with Gasteiger partial charge in [0.2, 0.25) is 21.8 Å². The molecular weight excluding hydrogens is 440 g/mol. The smallest absolute Gasteiger partial charge is 0.270 e. The van der Waals surface area contributed by atoms with Crippen molar-refractivity contribution in [2.45, 2.75) is 31.1 Å². The highest BCUT2D eigenvalue weighted by atomic mass is 32.2. The van der Waals surface area contributed by atoms with E-state index < -0.39 is 14.9 Å². The van der Waals surface area contributed by atoms with Crippen molar-refractivity contribution in [1.29, 1.82) is 0 Å². The van der Waals surface area contributed by atoms with Crippen molar-refractivity contribution >= 4 is 27.5 Å². The molecule has 1 saturated heterocycles. The van der Waals surface area contributed by atoms with Crippen LogP contribution >= 0.6 is 0 Å². The van der Waals surface area contributed by atoms with Gasteiger partial charge >= 0.3 is 0 Å². The van der Waals surface area contributed by atoms with E-state index in [9.17, 15) is 28.1 Å². The lowest BCUT2D eigenvalue weighted by Crippen LogP contribution is -2.45. The van der Waals surface area contributed by atoms with Crippen molar-refractivity contribution in [3.05, 3.63) is 33.9 Å². The van der Waals surface area contributed by atoms with Crippen molar-refractivity contribution in [3.63, 3.8) is 0 Å². The fourth-order valence-corrected chi connectivity index (χ4v) is 5.28. The molecule has 0 unspecified atom stereocenters. The number of rotatable bonds is 10. The minimum atomic E-state index is -3.92. The number of sulfonamides is 1. The Balaban J connectivity index is 1.95. The number of amides is 2.